The van der Waals surface area contributed by atoms with Gasteiger partial charge in [0.25, 0.3) is 0 Å². The maximum atomic E-state index is 12.5. The number of benzene rings is 1. The second kappa shape index (κ2) is 6.72. The number of nitrogens with zero attached hydrogens (tertiary/aromatic N) is 2. The number of aliphatic hydroxyl groups is 1. The Labute approximate surface area is 164 Å². The summed E-state index contributed by atoms with van der Waals surface area (Å²) in [4.78, 5) is 0. The number of aromatic nitrogens is 2. The minimum Gasteiger partial charge on any atom is -0.388 e. The van der Waals surface area contributed by atoms with Gasteiger partial charge < -0.3 is 5.11 Å². The molecule has 2 aliphatic rings. The van der Waals surface area contributed by atoms with Crippen molar-refractivity contribution < 1.29 is 13.5 Å². The minimum atomic E-state index is -3.12. The summed E-state index contributed by atoms with van der Waals surface area (Å²) in [5, 5.41) is 19.5. The van der Waals surface area contributed by atoms with Crippen molar-refractivity contribution in [2.45, 2.75) is 50.9 Å². The lowest BCUT2D eigenvalue weighted by Crippen LogP contribution is -2.44. The van der Waals surface area contributed by atoms with Gasteiger partial charge in [0.2, 0.25) is 10.0 Å². The van der Waals surface area contributed by atoms with Crippen molar-refractivity contribution in [1.82, 2.24) is 14.5 Å². The molecule has 2 heterocycles. The highest BCUT2D eigenvalue weighted by Gasteiger charge is 2.44. The van der Waals surface area contributed by atoms with Crippen molar-refractivity contribution >= 4 is 32.5 Å². The number of aliphatic hydroxyl groups excluding tert-OH is 1. The molecule has 0 amide bonds. The smallest absolute Gasteiger partial charge is 0.216 e. The maximum Gasteiger partial charge on any atom is 0.216 e. The number of nitrogens with one attached hydrogen (secondary N) is 1. The zero-order chi connectivity index (χ0) is 19.4. The van der Waals surface area contributed by atoms with Gasteiger partial charge in [-0.1, -0.05) is 25.4 Å². The van der Waals surface area contributed by atoms with Crippen LogP contribution in [0.25, 0.3) is 10.9 Å². The zero-order valence-corrected chi connectivity index (χ0v) is 17.2. The number of halogens is 1. The van der Waals surface area contributed by atoms with E-state index >= 15 is 0 Å². The third-order valence-corrected chi connectivity index (χ3v) is 8.97. The molecule has 0 bridgehead atoms. The first kappa shape index (κ1) is 19.2. The van der Waals surface area contributed by atoms with Gasteiger partial charge in [0, 0.05) is 29.1 Å². The summed E-state index contributed by atoms with van der Waals surface area (Å²) >= 11 is 6.24. The summed E-state index contributed by atoms with van der Waals surface area (Å²) in [7, 11) is -3.12. The van der Waals surface area contributed by atoms with Gasteiger partial charge in [0.05, 0.1) is 23.1 Å². The molecule has 1 saturated carbocycles. The molecule has 4 rings (SSSR count). The molecule has 1 atom stereocenters. The van der Waals surface area contributed by atoms with Crippen LogP contribution < -0.4 is 0 Å². The van der Waals surface area contributed by atoms with Crippen LogP contribution in [0.5, 0.6) is 0 Å². The van der Waals surface area contributed by atoms with Crippen LogP contribution in [0.3, 0.4) is 0 Å². The summed E-state index contributed by atoms with van der Waals surface area (Å²) in [6.07, 6.45) is 4.07. The molecule has 1 aromatic heterocycles. The Morgan fingerprint density at radius 2 is 1.93 bits per heavy atom. The number of hydrogen-bond acceptors (Lipinski definition) is 4. The van der Waals surface area contributed by atoms with Gasteiger partial charge in [-0.05, 0) is 49.1 Å². The van der Waals surface area contributed by atoms with Gasteiger partial charge in [0.1, 0.15) is 0 Å². The van der Waals surface area contributed by atoms with Gasteiger partial charge >= 0.3 is 0 Å². The Kier molecular flexibility index (Phi) is 4.78. The fourth-order valence-electron chi connectivity index (χ4n) is 4.32. The Hall–Kier alpha value is -1.15. The van der Waals surface area contributed by atoms with Gasteiger partial charge in [-0.2, -0.15) is 5.10 Å². The van der Waals surface area contributed by atoms with Crippen molar-refractivity contribution in [3.8, 4) is 0 Å². The number of piperidine rings is 1. The molecule has 27 heavy (non-hydrogen) atoms. The van der Waals surface area contributed by atoms with Crippen molar-refractivity contribution in [2.75, 3.05) is 13.1 Å². The van der Waals surface area contributed by atoms with Crippen LogP contribution in [0.2, 0.25) is 5.02 Å². The zero-order valence-electron chi connectivity index (χ0n) is 15.7. The van der Waals surface area contributed by atoms with Crippen molar-refractivity contribution in [2.24, 2.45) is 11.3 Å². The van der Waals surface area contributed by atoms with Crippen LogP contribution in [0.15, 0.2) is 18.3 Å². The molecule has 1 saturated heterocycles. The van der Waals surface area contributed by atoms with E-state index in [2.05, 4.69) is 24.0 Å². The highest BCUT2D eigenvalue weighted by atomic mass is 35.5. The number of rotatable bonds is 5. The molecule has 0 spiro atoms. The summed E-state index contributed by atoms with van der Waals surface area (Å²) < 4.78 is 26.6. The Bertz CT molecular complexity index is 944. The van der Waals surface area contributed by atoms with E-state index in [1.54, 1.807) is 16.6 Å². The van der Waals surface area contributed by atoms with Crippen molar-refractivity contribution in [3.05, 3.63) is 28.9 Å². The van der Waals surface area contributed by atoms with Crippen molar-refractivity contribution in [3.63, 3.8) is 0 Å². The average Bonchev–Trinajstić information content (AvgIpc) is 3.40. The molecule has 8 heteroatoms. The maximum absolute atomic E-state index is 12.5. The van der Waals surface area contributed by atoms with Crippen LogP contribution in [-0.4, -0.2) is 46.4 Å². The summed E-state index contributed by atoms with van der Waals surface area (Å²) in [6.45, 7) is 5.18. The number of fused-ring (bicyclic) bond motifs is 1. The Morgan fingerprint density at radius 1 is 1.26 bits per heavy atom. The summed E-state index contributed by atoms with van der Waals surface area (Å²) in [5.41, 5.74) is 1.12. The third-order valence-electron chi connectivity index (χ3n) is 6.36. The molecule has 1 unspecified atom stereocenters. The van der Waals surface area contributed by atoms with Crippen LogP contribution in [-0.2, 0) is 10.0 Å². The lowest BCUT2D eigenvalue weighted by molar-refractivity contribution is -0.0113. The predicted octanol–water partition coefficient (Wildman–Crippen LogP) is 3.48. The first-order chi connectivity index (χ1) is 12.7. The SMILES string of the molecule is CC(C)(C1CCN(S(=O)(=O)C2CC2)CC1)C(O)c1cc(Cl)cc2cn[nH]c12. The number of aromatic amines is 1. The van der Waals surface area contributed by atoms with Gasteiger partial charge in [-0.25, -0.2) is 12.7 Å². The summed E-state index contributed by atoms with van der Waals surface area (Å²) in [6, 6.07) is 3.62. The molecule has 0 radical (unpaired) electrons. The normalized spacial score (nSPS) is 21.6. The van der Waals surface area contributed by atoms with E-state index in [9.17, 15) is 13.5 Å². The second-order valence-electron chi connectivity index (χ2n) is 8.47. The van der Waals surface area contributed by atoms with E-state index in [1.165, 1.54) is 0 Å². The molecule has 2 N–H and O–H groups in total. The largest absolute Gasteiger partial charge is 0.388 e. The van der Waals surface area contributed by atoms with Crippen LogP contribution >= 0.6 is 11.6 Å². The van der Waals surface area contributed by atoms with E-state index in [4.69, 9.17) is 11.6 Å². The van der Waals surface area contributed by atoms with Gasteiger partial charge in [-0.15, -0.1) is 0 Å². The molecule has 6 nitrogen and oxygen atoms in total. The molecule has 2 fully saturated rings. The molecular weight excluding hydrogens is 386 g/mol. The third kappa shape index (κ3) is 3.39. The monoisotopic (exact) mass is 411 g/mol. The lowest BCUT2D eigenvalue weighted by atomic mass is 9.68. The standard InChI is InChI=1S/C19H26ClN3O3S/c1-19(2,13-5-7-23(8-6-13)27(25,26)15-3-4-15)18(24)16-10-14(20)9-12-11-21-22-17(12)16/h9-11,13,15,18,24H,3-8H2,1-2H3,(H,21,22). The highest BCUT2D eigenvalue weighted by molar-refractivity contribution is 7.90. The Balaban J connectivity index is 1.53. The van der Waals surface area contributed by atoms with Crippen LogP contribution in [0.1, 0.15) is 51.2 Å². The van der Waals surface area contributed by atoms with E-state index in [0.717, 1.165) is 42.1 Å². The molecule has 2 aromatic rings. The van der Waals surface area contributed by atoms with Gasteiger partial charge in [-0.3, -0.25) is 5.10 Å². The fraction of sp³-hybridized carbons (Fsp3) is 0.632. The second-order valence-corrected chi connectivity index (χ2v) is 11.1. The van der Waals surface area contributed by atoms with E-state index in [-0.39, 0.29) is 11.2 Å². The quantitative estimate of drug-likeness (QED) is 0.788. The molecule has 1 aliphatic heterocycles. The van der Waals surface area contributed by atoms with Crippen molar-refractivity contribution in [1.29, 1.82) is 0 Å². The van der Waals surface area contributed by atoms with Crippen LogP contribution in [0, 0.1) is 11.3 Å². The molecule has 1 aromatic carbocycles. The molecule has 1 aliphatic carbocycles. The number of hydrogen-bond donors (Lipinski definition) is 2. The number of H-pyrrole nitrogens is 1. The summed E-state index contributed by atoms with van der Waals surface area (Å²) in [5.74, 6) is 0.218. The van der Waals surface area contributed by atoms with Crippen LogP contribution in [0.4, 0.5) is 0 Å². The Morgan fingerprint density at radius 3 is 2.56 bits per heavy atom. The fourth-order valence-corrected chi connectivity index (χ4v) is 6.43. The van der Waals surface area contributed by atoms with E-state index < -0.39 is 21.5 Å². The van der Waals surface area contributed by atoms with Gasteiger partial charge in [0.15, 0.2) is 0 Å². The number of sulfonamides is 1. The minimum absolute atomic E-state index is 0.159. The first-order valence-electron chi connectivity index (χ1n) is 9.51. The first-order valence-corrected chi connectivity index (χ1v) is 11.4. The molecular formula is C19H26ClN3O3S. The lowest BCUT2D eigenvalue weighted by Gasteiger charge is -2.43. The van der Waals surface area contributed by atoms with E-state index in [0.29, 0.717) is 18.1 Å². The average molecular weight is 412 g/mol. The highest BCUT2D eigenvalue weighted by Crippen LogP contribution is 2.47. The topological polar surface area (TPSA) is 86.3 Å². The predicted molar refractivity (Wildman–Crippen MR) is 106 cm³/mol. The molecule has 148 valence electrons. The van der Waals surface area contributed by atoms with E-state index in [1.807, 2.05) is 6.07 Å².